The summed E-state index contributed by atoms with van der Waals surface area (Å²) in [5.74, 6) is 0.1000. The first-order valence-electron chi connectivity index (χ1n) is 6.46. The minimum atomic E-state index is -3.70. The molecule has 1 aromatic carbocycles. The number of hydrogen-bond donors (Lipinski definition) is 1. The van der Waals surface area contributed by atoms with Crippen LogP contribution in [0.3, 0.4) is 0 Å². The Labute approximate surface area is 112 Å². The molecule has 2 atom stereocenters. The fourth-order valence-corrected chi connectivity index (χ4v) is 4.66. The Hall–Kier alpha value is -0.980. The Morgan fingerprint density at radius 1 is 1.26 bits per heavy atom. The quantitative estimate of drug-likeness (QED) is 0.880. The van der Waals surface area contributed by atoms with Gasteiger partial charge in [-0.3, -0.25) is 0 Å². The van der Waals surface area contributed by atoms with Crippen LogP contribution in [-0.4, -0.2) is 38.9 Å². The summed E-state index contributed by atoms with van der Waals surface area (Å²) in [6.07, 6.45) is 0. The van der Waals surface area contributed by atoms with Crippen molar-refractivity contribution in [1.29, 1.82) is 0 Å². The zero-order valence-electron chi connectivity index (χ0n) is 10.8. The van der Waals surface area contributed by atoms with Gasteiger partial charge >= 0.3 is 0 Å². The standard InChI is InChI=1S/C13H17FN2O2S/c1-9-3-2-4-12(13(9)14)19(17,18)16-7-10-5-15-6-11(10)8-16/h2-4,10-11,15H,5-8H2,1H3/t10-,11+. The SMILES string of the molecule is Cc1cccc(S(=O)(=O)N2C[C@H]3CNC[C@H]3C2)c1F. The van der Waals surface area contributed by atoms with Crippen molar-refractivity contribution >= 4 is 10.0 Å². The number of halogens is 1. The van der Waals surface area contributed by atoms with E-state index in [9.17, 15) is 12.8 Å². The van der Waals surface area contributed by atoms with Crippen molar-refractivity contribution < 1.29 is 12.8 Å². The summed E-state index contributed by atoms with van der Waals surface area (Å²) >= 11 is 0. The average Bonchev–Trinajstić information content (AvgIpc) is 2.92. The van der Waals surface area contributed by atoms with Crippen molar-refractivity contribution in [1.82, 2.24) is 9.62 Å². The number of fused-ring (bicyclic) bond motifs is 1. The van der Waals surface area contributed by atoms with Gasteiger partial charge in [0.15, 0.2) is 0 Å². The van der Waals surface area contributed by atoms with E-state index < -0.39 is 15.8 Å². The summed E-state index contributed by atoms with van der Waals surface area (Å²) < 4.78 is 40.5. The van der Waals surface area contributed by atoms with Crippen molar-refractivity contribution in [3.63, 3.8) is 0 Å². The van der Waals surface area contributed by atoms with E-state index in [1.165, 1.54) is 10.4 Å². The number of nitrogens with one attached hydrogen (secondary N) is 1. The highest BCUT2D eigenvalue weighted by Gasteiger charge is 2.42. The predicted molar refractivity (Wildman–Crippen MR) is 69.7 cm³/mol. The van der Waals surface area contributed by atoms with E-state index in [1.807, 2.05) is 0 Å². The Balaban J connectivity index is 1.93. The first-order chi connectivity index (χ1) is 9.00. The molecule has 6 heteroatoms. The third-order valence-electron chi connectivity index (χ3n) is 4.13. The van der Waals surface area contributed by atoms with Gasteiger partial charge in [-0.25, -0.2) is 12.8 Å². The van der Waals surface area contributed by atoms with Gasteiger partial charge < -0.3 is 5.32 Å². The second-order valence-electron chi connectivity index (χ2n) is 5.39. The van der Waals surface area contributed by atoms with Crippen LogP contribution >= 0.6 is 0 Å². The van der Waals surface area contributed by atoms with Crippen LogP contribution in [-0.2, 0) is 10.0 Å². The molecule has 4 nitrogen and oxygen atoms in total. The van der Waals surface area contributed by atoms with Crippen LogP contribution in [0.25, 0.3) is 0 Å². The van der Waals surface area contributed by atoms with Crippen LogP contribution in [0.2, 0.25) is 0 Å². The molecule has 0 radical (unpaired) electrons. The molecule has 0 saturated carbocycles. The van der Waals surface area contributed by atoms with Gasteiger partial charge in [-0.1, -0.05) is 12.1 Å². The van der Waals surface area contributed by atoms with Gasteiger partial charge in [0.2, 0.25) is 10.0 Å². The zero-order valence-corrected chi connectivity index (χ0v) is 11.6. The molecule has 0 unspecified atom stereocenters. The summed E-state index contributed by atoms with van der Waals surface area (Å²) in [4.78, 5) is -0.194. The topological polar surface area (TPSA) is 49.4 Å². The number of nitrogens with zero attached hydrogens (tertiary/aromatic N) is 1. The van der Waals surface area contributed by atoms with Crippen LogP contribution in [0, 0.1) is 24.6 Å². The van der Waals surface area contributed by atoms with Gasteiger partial charge in [0.05, 0.1) is 0 Å². The second kappa shape index (κ2) is 4.54. The summed E-state index contributed by atoms with van der Waals surface area (Å²) in [5, 5.41) is 3.26. The smallest absolute Gasteiger partial charge is 0.246 e. The Morgan fingerprint density at radius 2 is 1.89 bits per heavy atom. The third kappa shape index (κ3) is 2.07. The Morgan fingerprint density at radius 3 is 2.53 bits per heavy atom. The fourth-order valence-electron chi connectivity index (χ4n) is 2.97. The molecule has 2 aliphatic heterocycles. The summed E-state index contributed by atoms with van der Waals surface area (Å²) in [5.41, 5.74) is 0.363. The minimum absolute atomic E-state index is 0.194. The summed E-state index contributed by atoms with van der Waals surface area (Å²) in [6.45, 7) is 4.28. The zero-order chi connectivity index (χ0) is 13.6. The Kier molecular flexibility index (Phi) is 3.11. The van der Waals surface area contributed by atoms with Crippen molar-refractivity contribution in [3.05, 3.63) is 29.6 Å². The molecule has 1 N–H and O–H groups in total. The van der Waals surface area contributed by atoms with Crippen molar-refractivity contribution in [3.8, 4) is 0 Å². The fraction of sp³-hybridized carbons (Fsp3) is 0.538. The molecule has 2 aliphatic rings. The van der Waals surface area contributed by atoms with Gasteiger partial charge in [-0.05, 0) is 43.5 Å². The number of sulfonamides is 1. The van der Waals surface area contributed by atoms with Gasteiger partial charge in [0.25, 0.3) is 0 Å². The second-order valence-corrected chi connectivity index (χ2v) is 7.29. The molecule has 2 fully saturated rings. The summed E-state index contributed by atoms with van der Waals surface area (Å²) in [6, 6.07) is 4.52. The van der Waals surface area contributed by atoms with Gasteiger partial charge in [-0.2, -0.15) is 4.31 Å². The van der Waals surface area contributed by atoms with Crippen molar-refractivity contribution in [2.75, 3.05) is 26.2 Å². The van der Waals surface area contributed by atoms with E-state index in [4.69, 9.17) is 0 Å². The monoisotopic (exact) mass is 284 g/mol. The van der Waals surface area contributed by atoms with Crippen molar-refractivity contribution in [2.24, 2.45) is 11.8 Å². The normalized spacial score (nSPS) is 27.7. The molecule has 0 aliphatic carbocycles. The van der Waals surface area contributed by atoms with E-state index in [0.717, 1.165) is 13.1 Å². The van der Waals surface area contributed by atoms with Crippen LogP contribution in [0.15, 0.2) is 23.1 Å². The van der Waals surface area contributed by atoms with E-state index in [2.05, 4.69) is 5.32 Å². The maximum Gasteiger partial charge on any atom is 0.246 e. The average molecular weight is 284 g/mol. The lowest BCUT2D eigenvalue weighted by Gasteiger charge is -2.18. The molecule has 2 heterocycles. The lowest BCUT2D eigenvalue weighted by molar-refractivity contribution is 0.442. The lowest BCUT2D eigenvalue weighted by Crippen LogP contribution is -2.32. The maximum atomic E-state index is 14.0. The van der Waals surface area contributed by atoms with E-state index in [1.54, 1.807) is 19.1 Å². The molecule has 3 rings (SSSR count). The molecule has 0 bridgehead atoms. The predicted octanol–water partition coefficient (Wildman–Crippen LogP) is 0.974. The van der Waals surface area contributed by atoms with Crippen LogP contribution in [0.5, 0.6) is 0 Å². The van der Waals surface area contributed by atoms with Gasteiger partial charge in [-0.15, -0.1) is 0 Å². The largest absolute Gasteiger partial charge is 0.316 e. The van der Waals surface area contributed by atoms with E-state index in [0.29, 0.717) is 30.5 Å². The first kappa shape index (κ1) is 13.0. The van der Waals surface area contributed by atoms with Crippen LogP contribution < -0.4 is 5.32 Å². The highest BCUT2D eigenvalue weighted by Crippen LogP contribution is 2.31. The molecule has 0 spiro atoms. The number of rotatable bonds is 2. The number of hydrogen-bond acceptors (Lipinski definition) is 3. The van der Waals surface area contributed by atoms with Gasteiger partial charge in [0, 0.05) is 13.1 Å². The molecule has 2 saturated heterocycles. The molecule has 19 heavy (non-hydrogen) atoms. The highest BCUT2D eigenvalue weighted by atomic mass is 32.2. The van der Waals surface area contributed by atoms with E-state index >= 15 is 0 Å². The number of aryl methyl sites for hydroxylation is 1. The molecular formula is C13H17FN2O2S. The molecule has 0 amide bonds. The maximum absolute atomic E-state index is 14.0. The number of benzene rings is 1. The molecule has 104 valence electrons. The molecular weight excluding hydrogens is 267 g/mol. The minimum Gasteiger partial charge on any atom is -0.316 e. The van der Waals surface area contributed by atoms with Crippen LogP contribution in [0.4, 0.5) is 4.39 Å². The summed E-state index contributed by atoms with van der Waals surface area (Å²) in [7, 11) is -3.70. The lowest BCUT2D eigenvalue weighted by atomic mass is 10.0. The highest BCUT2D eigenvalue weighted by molar-refractivity contribution is 7.89. The van der Waals surface area contributed by atoms with Crippen LogP contribution in [0.1, 0.15) is 5.56 Å². The van der Waals surface area contributed by atoms with Crippen molar-refractivity contribution in [2.45, 2.75) is 11.8 Å². The van der Waals surface area contributed by atoms with E-state index in [-0.39, 0.29) is 4.90 Å². The molecule has 0 aromatic heterocycles. The first-order valence-corrected chi connectivity index (χ1v) is 7.90. The Bertz CT molecular complexity index is 591. The van der Waals surface area contributed by atoms with Gasteiger partial charge in [0.1, 0.15) is 10.7 Å². The third-order valence-corrected chi connectivity index (χ3v) is 5.98. The molecule has 1 aromatic rings.